The van der Waals surface area contributed by atoms with E-state index in [1.807, 2.05) is 6.92 Å². The van der Waals surface area contributed by atoms with Crippen molar-refractivity contribution in [3.05, 3.63) is 0 Å². The molecule has 2 atom stereocenters. The van der Waals surface area contributed by atoms with Gasteiger partial charge in [0.15, 0.2) is 0 Å². The Bertz CT molecular complexity index is 352. The number of halogens is 1. The minimum atomic E-state index is -0.103. The van der Waals surface area contributed by atoms with Crippen LogP contribution in [0.1, 0.15) is 33.6 Å². The smallest absolute Gasteiger partial charge is 0.317 e. The summed E-state index contributed by atoms with van der Waals surface area (Å²) >= 11 is 0. The number of nitrogens with zero attached hydrogens (tertiary/aromatic N) is 1. The molecular weight excluding hydrogens is 304 g/mol. The maximum absolute atomic E-state index is 12.1. The monoisotopic (exact) mass is 334 g/mol. The molecule has 1 heterocycles. The Balaban J connectivity index is 0.00000441. The molecule has 4 N–H and O–H groups in total. The molecule has 3 amide bonds. The van der Waals surface area contributed by atoms with Crippen LogP contribution in [0.4, 0.5) is 4.79 Å². The summed E-state index contributed by atoms with van der Waals surface area (Å²) in [6.45, 7) is 9.20. The van der Waals surface area contributed by atoms with Crippen LogP contribution in [0.2, 0.25) is 0 Å². The first-order chi connectivity index (χ1) is 9.93. The third-order valence-corrected chi connectivity index (χ3v) is 3.77. The fourth-order valence-corrected chi connectivity index (χ4v) is 2.28. The lowest BCUT2D eigenvalue weighted by molar-refractivity contribution is -0.126. The highest BCUT2D eigenvalue weighted by atomic mass is 35.5. The van der Waals surface area contributed by atoms with Gasteiger partial charge in [-0.25, -0.2) is 4.79 Å². The maximum atomic E-state index is 12.1. The highest BCUT2D eigenvalue weighted by molar-refractivity contribution is 5.85. The van der Waals surface area contributed by atoms with Gasteiger partial charge in [-0.2, -0.15) is 0 Å². The van der Waals surface area contributed by atoms with Gasteiger partial charge in [0.05, 0.1) is 5.92 Å². The number of carbonyl (C=O) groups excluding carboxylic acids is 2. The van der Waals surface area contributed by atoms with Crippen LogP contribution in [0.3, 0.4) is 0 Å². The van der Waals surface area contributed by atoms with E-state index < -0.39 is 0 Å². The molecule has 22 heavy (non-hydrogen) atoms. The summed E-state index contributed by atoms with van der Waals surface area (Å²) in [6, 6.07) is -0.0588. The quantitative estimate of drug-likeness (QED) is 0.682. The number of carbonyl (C=O) groups is 2. The van der Waals surface area contributed by atoms with Crippen LogP contribution < -0.4 is 16.4 Å². The largest absolute Gasteiger partial charge is 0.355 e. The molecule has 0 saturated carbocycles. The van der Waals surface area contributed by atoms with Gasteiger partial charge in [0, 0.05) is 26.2 Å². The Morgan fingerprint density at radius 2 is 1.91 bits per heavy atom. The molecule has 0 radical (unpaired) electrons. The third kappa shape index (κ3) is 7.31. The summed E-state index contributed by atoms with van der Waals surface area (Å²) in [5, 5.41) is 5.84. The summed E-state index contributed by atoms with van der Waals surface area (Å²) in [4.78, 5) is 25.9. The van der Waals surface area contributed by atoms with E-state index in [0.717, 1.165) is 19.4 Å². The first kappa shape index (κ1) is 21.0. The van der Waals surface area contributed by atoms with E-state index in [1.165, 1.54) is 0 Å². The van der Waals surface area contributed by atoms with Crippen LogP contribution in [0.25, 0.3) is 0 Å². The standard InChI is InChI=1S/C15H30N4O2.ClH/c1-11(2)8-18-15(21)19-6-4-5-13(10-19)14(20)17-9-12(3)7-16;/h11-13H,4-10,16H2,1-3H3,(H,17,20)(H,18,21);1H. The Morgan fingerprint density at radius 1 is 1.23 bits per heavy atom. The molecule has 0 aromatic carbocycles. The molecule has 0 aliphatic carbocycles. The molecule has 0 spiro atoms. The molecule has 1 rings (SSSR count). The highest BCUT2D eigenvalue weighted by Gasteiger charge is 2.28. The average molecular weight is 335 g/mol. The molecule has 1 fully saturated rings. The van der Waals surface area contributed by atoms with Crippen molar-refractivity contribution in [1.29, 1.82) is 0 Å². The lowest BCUT2D eigenvalue weighted by atomic mass is 9.97. The number of nitrogens with two attached hydrogens (primary N) is 1. The number of piperidine rings is 1. The molecule has 2 unspecified atom stereocenters. The number of amides is 3. The third-order valence-electron chi connectivity index (χ3n) is 3.77. The van der Waals surface area contributed by atoms with Crippen molar-refractivity contribution in [2.75, 3.05) is 32.7 Å². The van der Waals surface area contributed by atoms with E-state index in [-0.39, 0.29) is 36.2 Å². The second-order valence-corrected chi connectivity index (χ2v) is 6.45. The van der Waals surface area contributed by atoms with E-state index in [2.05, 4.69) is 24.5 Å². The molecular formula is C15H31ClN4O2. The van der Waals surface area contributed by atoms with Gasteiger partial charge < -0.3 is 21.3 Å². The number of likely N-dealkylation sites (tertiary alicyclic amines) is 1. The Morgan fingerprint density at radius 3 is 2.50 bits per heavy atom. The maximum Gasteiger partial charge on any atom is 0.317 e. The van der Waals surface area contributed by atoms with Crippen LogP contribution in [0.5, 0.6) is 0 Å². The Kier molecular flexibility index (Phi) is 10.2. The lowest BCUT2D eigenvalue weighted by Crippen LogP contribution is -2.49. The predicted octanol–water partition coefficient (Wildman–Crippen LogP) is 1.20. The van der Waals surface area contributed by atoms with Gasteiger partial charge in [-0.05, 0) is 31.2 Å². The number of rotatable bonds is 6. The zero-order chi connectivity index (χ0) is 15.8. The van der Waals surface area contributed by atoms with Crippen LogP contribution >= 0.6 is 12.4 Å². The molecule has 1 aliphatic rings. The number of nitrogens with one attached hydrogen (secondary N) is 2. The van der Waals surface area contributed by atoms with Crippen LogP contribution in [-0.4, -0.2) is 49.6 Å². The number of hydrogen-bond donors (Lipinski definition) is 3. The second-order valence-electron chi connectivity index (χ2n) is 6.45. The van der Waals surface area contributed by atoms with Crippen molar-refractivity contribution < 1.29 is 9.59 Å². The van der Waals surface area contributed by atoms with Crippen molar-refractivity contribution in [2.24, 2.45) is 23.5 Å². The van der Waals surface area contributed by atoms with Gasteiger partial charge in [0.1, 0.15) is 0 Å². The van der Waals surface area contributed by atoms with Crippen LogP contribution in [0, 0.1) is 17.8 Å². The normalized spacial score (nSPS) is 19.3. The molecule has 0 aromatic rings. The van der Waals surface area contributed by atoms with Crippen molar-refractivity contribution >= 4 is 24.3 Å². The van der Waals surface area contributed by atoms with E-state index in [1.54, 1.807) is 4.90 Å². The first-order valence-corrected chi connectivity index (χ1v) is 7.94. The highest BCUT2D eigenvalue weighted by Crippen LogP contribution is 2.16. The molecule has 0 aromatic heterocycles. The van der Waals surface area contributed by atoms with Crippen molar-refractivity contribution in [2.45, 2.75) is 33.6 Å². The lowest BCUT2D eigenvalue weighted by Gasteiger charge is -2.32. The summed E-state index contributed by atoms with van der Waals surface area (Å²) < 4.78 is 0. The van der Waals surface area contributed by atoms with Gasteiger partial charge in [0.25, 0.3) is 0 Å². The summed E-state index contributed by atoms with van der Waals surface area (Å²) in [7, 11) is 0. The molecule has 1 saturated heterocycles. The van der Waals surface area contributed by atoms with Gasteiger partial charge >= 0.3 is 6.03 Å². The zero-order valence-electron chi connectivity index (χ0n) is 13.9. The molecule has 7 heteroatoms. The predicted molar refractivity (Wildman–Crippen MR) is 91.0 cm³/mol. The van der Waals surface area contributed by atoms with Crippen LogP contribution in [0.15, 0.2) is 0 Å². The molecule has 1 aliphatic heterocycles. The minimum absolute atomic E-state index is 0. The average Bonchev–Trinajstić information content (AvgIpc) is 2.49. The minimum Gasteiger partial charge on any atom is -0.355 e. The van der Waals surface area contributed by atoms with E-state index in [0.29, 0.717) is 32.1 Å². The van der Waals surface area contributed by atoms with Gasteiger partial charge in [-0.15, -0.1) is 12.4 Å². The van der Waals surface area contributed by atoms with Gasteiger partial charge in [0.2, 0.25) is 5.91 Å². The van der Waals surface area contributed by atoms with Gasteiger partial charge in [-0.3, -0.25) is 4.79 Å². The fraction of sp³-hybridized carbons (Fsp3) is 0.867. The summed E-state index contributed by atoms with van der Waals surface area (Å²) in [6.07, 6.45) is 1.72. The zero-order valence-corrected chi connectivity index (χ0v) is 14.7. The summed E-state index contributed by atoms with van der Waals surface area (Å²) in [5.74, 6) is 0.642. The number of hydrogen-bond acceptors (Lipinski definition) is 3. The SMILES string of the molecule is CC(C)CNC(=O)N1CCCC(C(=O)NCC(C)CN)C1.Cl. The van der Waals surface area contributed by atoms with Crippen molar-refractivity contribution in [3.63, 3.8) is 0 Å². The molecule has 6 nitrogen and oxygen atoms in total. The molecule has 0 bridgehead atoms. The Hall–Kier alpha value is -1.01. The van der Waals surface area contributed by atoms with E-state index in [9.17, 15) is 9.59 Å². The Labute approximate surface area is 140 Å². The van der Waals surface area contributed by atoms with E-state index >= 15 is 0 Å². The van der Waals surface area contributed by atoms with Gasteiger partial charge in [-0.1, -0.05) is 20.8 Å². The van der Waals surface area contributed by atoms with E-state index in [4.69, 9.17) is 5.73 Å². The summed E-state index contributed by atoms with van der Waals surface area (Å²) in [5.41, 5.74) is 5.54. The number of urea groups is 1. The topological polar surface area (TPSA) is 87.5 Å². The first-order valence-electron chi connectivity index (χ1n) is 7.94. The second kappa shape index (κ2) is 10.7. The molecule has 130 valence electrons. The van der Waals surface area contributed by atoms with Crippen LogP contribution in [-0.2, 0) is 4.79 Å². The fourth-order valence-electron chi connectivity index (χ4n) is 2.28. The van der Waals surface area contributed by atoms with Crippen molar-refractivity contribution in [3.8, 4) is 0 Å². The van der Waals surface area contributed by atoms with Crippen molar-refractivity contribution in [1.82, 2.24) is 15.5 Å².